The maximum Gasteiger partial charge on any atom is 0.155 e. The van der Waals surface area contributed by atoms with Crippen molar-refractivity contribution >= 4 is 12.0 Å². The maximum atomic E-state index is 9.98. The van der Waals surface area contributed by atoms with E-state index in [4.69, 9.17) is 4.74 Å². The van der Waals surface area contributed by atoms with Gasteiger partial charge in [0.25, 0.3) is 0 Å². The Balaban J connectivity index is 0.000000292. The van der Waals surface area contributed by atoms with E-state index < -0.39 is 0 Å². The first kappa shape index (κ1) is 21.0. The van der Waals surface area contributed by atoms with Gasteiger partial charge in [-0.05, 0) is 24.7 Å². The van der Waals surface area contributed by atoms with E-state index in [1.54, 1.807) is 24.5 Å². The maximum absolute atomic E-state index is 9.98. The number of benzene rings is 2. The summed E-state index contributed by atoms with van der Waals surface area (Å²) in [5, 5.41) is 6.32. The molecule has 1 atom stereocenters. The highest BCUT2D eigenvalue weighted by Crippen LogP contribution is 2.18. The molecule has 0 saturated heterocycles. The van der Waals surface area contributed by atoms with Gasteiger partial charge in [0.1, 0.15) is 6.29 Å². The molecule has 3 rings (SSSR count). The highest BCUT2D eigenvalue weighted by Gasteiger charge is 2.12. The second kappa shape index (κ2) is 12.2. The van der Waals surface area contributed by atoms with E-state index in [-0.39, 0.29) is 6.23 Å². The molecular weight excluding hydrogens is 350 g/mol. The Bertz CT molecular complexity index is 824. The minimum Gasteiger partial charge on any atom is -0.356 e. The Morgan fingerprint density at radius 3 is 2.18 bits per heavy atom. The van der Waals surface area contributed by atoms with Crippen molar-refractivity contribution in [2.24, 2.45) is 0 Å². The summed E-state index contributed by atoms with van der Waals surface area (Å²) < 4.78 is 5.79. The fourth-order valence-corrected chi connectivity index (χ4v) is 2.34. The molecule has 1 heterocycles. The van der Waals surface area contributed by atoms with Gasteiger partial charge in [0.15, 0.2) is 6.23 Å². The van der Waals surface area contributed by atoms with Crippen molar-refractivity contribution in [3.63, 3.8) is 0 Å². The molecule has 5 heteroatoms. The van der Waals surface area contributed by atoms with Gasteiger partial charge in [-0.25, -0.2) is 0 Å². The van der Waals surface area contributed by atoms with Crippen LogP contribution in [0, 0.1) is 0 Å². The highest BCUT2D eigenvalue weighted by atomic mass is 16.5. The summed E-state index contributed by atoms with van der Waals surface area (Å²) in [4.78, 5) is 13.7. The molecule has 0 aliphatic carbocycles. The summed E-state index contributed by atoms with van der Waals surface area (Å²) in [7, 11) is 1.86. The van der Waals surface area contributed by atoms with Crippen LogP contribution in [0.5, 0.6) is 0 Å². The van der Waals surface area contributed by atoms with Crippen molar-refractivity contribution in [3.8, 4) is 0 Å². The quantitative estimate of drug-likeness (QED) is 0.460. The summed E-state index contributed by atoms with van der Waals surface area (Å²) in [6, 6.07) is 23.4. The van der Waals surface area contributed by atoms with Crippen LogP contribution in [-0.2, 0) is 4.74 Å². The van der Waals surface area contributed by atoms with Gasteiger partial charge < -0.3 is 10.1 Å². The van der Waals surface area contributed by atoms with Crippen molar-refractivity contribution in [1.29, 1.82) is 0 Å². The number of ether oxygens (including phenoxy) is 1. The van der Waals surface area contributed by atoms with E-state index in [0.29, 0.717) is 12.3 Å². The van der Waals surface area contributed by atoms with Crippen LogP contribution in [0.15, 0.2) is 91.8 Å². The molecular formula is C23H25N3O2. The monoisotopic (exact) mass is 375 g/mol. The van der Waals surface area contributed by atoms with E-state index in [1.807, 2.05) is 67.7 Å². The summed E-state index contributed by atoms with van der Waals surface area (Å²) >= 11 is 0. The van der Waals surface area contributed by atoms with Crippen LogP contribution in [0.4, 0.5) is 0 Å². The number of rotatable bonds is 8. The van der Waals surface area contributed by atoms with Crippen molar-refractivity contribution in [3.05, 3.63) is 108 Å². The molecule has 0 aliphatic rings. The lowest BCUT2D eigenvalue weighted by Gasteiger charge is -2.22. The normalized spacial score (nSPS) is 10.9. The number of aromatic nitrogens is 1. The molecule has 0 spiro atoms. The lowest BCUT2D eigenvalue weighted by molar-refractivity contribution is 0.0314. The summed E-state index contributed by atoms with van der Waals surface area (Å²) in [6.45, 7) is 4.55. The Morgan fingerprint density at radius 2 is 1.64 bits per heavy atom. The molecule has 2 aromatic carbocycles. The first-order chi connectivity index (χ1) is 13.7. The molecule has 0 fully saturated rings. The SMILES string of the molecule is C=C(NC(OCNC)c1ccccc1)c1ccccc1.O=Cc1ccncc1. The van der Waals surface area contributed by atoms with Gasteiger partial charge in [0, 0.05) is 29.2 Å². The molecule has 0 saturated carbocycles. The second-order valence-electron chi connectivity index (χ2n) is 5.84. The highest BCUT2D eigenvalue weighted by molar-refractivity contribution is 5.74. The number of hydrogen-bond acceptors (Lipinski definition) is 5. The first-order valence-corrected chi connectivity index (χ1v) is 8.91. The standard InChI is InChI=1S/C17H20N2O.C6H5NO/c1-14(15-9-5-3-6-10-15)19-17(20-13-18-2)16-11-7-4-8-12-16;8-5-6-1-3-7-4-2-6/h3-12,17-19H,1,13H2,2H3;1-5H. The third kappa shape index (κ3) is 7.15. The molecule has 28 heavy (non-hydrogen) atoms. The lowest BCUT2D eigenvalue weighted by atomic mass is 10.1. The zero-order valence-corrected chi connectivity index (χ0v) is 15.9. The Hall–Kier alpha value is -3.28. The van der Waals surface area contributed by atoms with Crippen LogP contribution in [0.25, 0.3) is 5.70 Å². The van der Waals surface area contributed by atoms with Crippen LogP contribution in [-0.4, -0.2) is 25.0 Å². The summed E-state index contributed by atoms with van der Waals surface area (Å²) in [5.74, 6) is 0. The molecule has 3 aromatic rings. The van der Waals surface area contributed by atoms with Gasteiger partial charge in [-0.2, -0.15) is 0 Å². The largest absolute Gasteiger partial charge is 0.356 e. The van der Waals surface area contributed by atoms with Gasteiger partial charge in [0.2, 0.25) is 0 Å². The second-order valence-corrected chi connectivity index (χ2v) is 5.84. The number of pyridine rings is 1. The third-order valence-electron chi connectivity index (χ3n) is 3.77. The molecule has 0 bridgehead atoms. The number of carbonyl (C=O) groups is 1. The van der Waals surface area contributed by atoms with Crippen LogP contribution >= 0.6 is 0 Å². The molecule has 0 aliphatic heterocycles. The number of aldehydes is 1. The minimum absolute atomic E-state index is 0.226. The van der Waals surface area contributed by atoms with Crippen molar-refractivity contribution in [2.75, 3.05) is 13.8 Å². The molecule has 5 nitrogen and oxygen atoms in total. The smallest absolute Gasteiger partial charge is 0.155 e. The number of hydrogen-bond donors (Lipinski definition) is 2. The molecule has 2 N–H and O–H groups in total. The zero-order chi connectivity index (χ0) is 20.0. The van der Waals surface area contributed by atoms with Crippen molar-refractivity contribution in [1.82, 2.24) is 15.6 Å². The molecule has 1 unspecified atom stereocenters. The van der Waals surface area contributed by atoms with E-state index in [0.717, 1.165) is 23.1 Å². The molecule has 1 aromatic heterocycles. The van der Waals surface area contributed by atoms with Crippen LogP contribution in [0.3, 0.4) is 0 Å². The number of carbonyl (C=O) groups excluding carboxylic acids is 1. The summed E-state index contributed by atoms with van der Waals surface area (Å²) in [6.07, 6.45) is 3.74. The Kier molecular flexibility index (Phi) is 9.14. The van der Waals surface area contributed by atoms with Crippen LogP contribution < -0.4 is 10.6 Å². The van der Waals surface area contributed by atoms with E-state index >= 15 is 0 Å². The van der Waals surface area contributed by atoms with Crippen molar-refractivity contribution in [2.45, 2.75) is 6.23 Å². The topological polar surface area (TPSA) is 63.2 Å². The Morgan fingerprint density at radius 1 is 1.04 bits per heavy atom. The van der Waals surface area contributed by atoms with Gasteiger partial charge >= 0.3 is 0 Å². The van der Waals surface area contributed by atoms with Gasteiger partial charge in [0.05, 0.1) is 6.73 Å². The minimum atomic E-state index is -0.226. The summed E-state index contributed by atoms with van der Waals surface area (Å²) in [5.41, 5.74) is 3.64. The van der Waals surface area contributed by atoms with Crippen LogP contribution in [0.1, 0.15) is 27.7 Å². The first-order valence-electron chi connectivity index (χ1n) is 8.91. The van der Waals surface area contributed by atoms with Gasteiger partial charge in [-0.1, -0.05) is 67.2 Å². The van der Waals surface area contributed by atoms with E-state index in [1.165, 1.54) is 0 Å². The van der Waals surface area contributed by atoms with E-state index in [9.17, 15) is 4.79 Å². The Labute approximate surface area is 166 Å². The fraction of sp³-hybridized carbons (Fsp3) is 0.130. The number of nitrogens with zero attached hydrogens (tertiary/aromatic N) is 1. The van der Waals surface area contributed by atoms with Gasteiger partial charge in [-0.3, -0.25) is 15.1 Å². The fourth-order valence-electron chi connectivity index (χ4n) is 2.34. The molecule has 0 amide bonds. The van der Waals surface area contributed by atoms with Gasteiger partial charge in [-0.15, -0.1) is 0 Å². The predicted molar refractivity (Wildman–Crippen MR) is 112 cm³/mol. The van der Waals surface area contributed by atoms with Crippen LogP contribution in [0.2, 0.25) is 0 Å². The molecule has 0 radical (unpaired) electrons. The lowest BCUT2D eigenvalue weighted by Crippen LogP contribution is -2.26. The third-order valence-corrected chi connectivity index (χ3v) is 3.77. The zero-order valence-electron chi connectivity index (χ0n) is 15.9. The van der Waals surface area contributed by atoms with Crippen molar-refractivity contribution < 1.29 is 9.53 Å². The predicted octanol–water partition coefficient (Wildman–Crippen LogP) is 4.03. The number of nitrogens with one attached hydrogen (secondary N) is 2. The molecule has 144 valence electrons. The average molecular weight is 375 g/mol. The average Bonchev–Trinajstić information content (AvgIpc) is 2.78. The van der Waals surface area contributed by atoms with E-state index in [2.05, 4.69) is 22.2 Å².